The van der Waals surface area contributed by atoms with Crippen LogP contribution in [0.1, 0.15) is 12.5 Å². The number of carbonyl (C=O) groups excluding carboxylic acids is 1. The lowest BCUT2D eigenvalue weighted by atomic mass is 9.82. The summed E-state index contributed by atoms with van der Waals surface area (Å²) in [6.45, 7) is 5.74. The number of ether oxygens (including phenoxy) is 1. The first-order valence-corrected chi connectivity index (χ1v) is 8.08. The summed E-state index contributed by atoms with van der Waals surface area (Å²) in [7, 11) is 1.61. The van der Waals surface area contributed by atoms with Gasteiger partial charge < -0.3 is 14.7 Å². The minimum absolute atomic E-state index is 0.156. The van der Waals surface area contributed by atoms with E-state index in [1.165, 1.54) is 0 Å². The molecule has 1 saturated heterocycles. The van der Waals surface area contributed by atoms with Crippen molar-refractivity contribution in [2.24, 2.45) is 0 Å². The minimum atomic E-state index is -1.40. The van der Waals surface area contributed by atoms with Crippen molar-refractivity contribution in [1.82, 2.24) is 0 Å². The summed E-state index contributed by atoms with van der Waals surface area (Å²) < 4.78 is 5.39. The molecule has 3 rings (SSSR count). The van der Waals surface area contributed by atoms with E-state index in [0.29, 0.717) is 11.3 Å². The summed E-state index contributed by atoms with van der Waals surface area (Å²) in [6.07, 6.45) is 1.87. The van der Waals surface area contributed by atoms with Gasteiger partial charge in [-0.05, 0) is 36.8 Å². The highest BCUT2D eigenvalue weighted by Crippen LogP contribution is 2.36. The second-order valence-electron chi connectivity index (χ2n) is 6.19. The highest BCUT2D eigenvalue weighted by atomic mass is 16.5. The number of nitrogens with zero attached hydrogens (tertiary/aromatic N) is 1. The van der Waals surface area contributed by atoms with E-state index in [1.807, 2.05) is 60.7 Å². The van der Waals surface area contributed by atoms with Crippen molar-refractivity contribution in [3.05, 3.63) is 77.9 Å². The van der Waals surface area contributed by atoms with Crippen molar-refractivity contribution < 1.29 is 14.6 Å². The van der Waals surface area contributed by atoms with Crippen LogP contribution < -0.4 is 9.64 Å². The average molecular weight is 335 g/mol. The average Bonchev–Trinajstić information content (AvgIpc) is 2.63. The number of aliphatic hydroxyl groups is 1. The molecule has 0 radical (unpaired) electrons. The Balaban J connectivity index is 2.06. The molecule has 4 heteroatoms. The lowest BCUT2D eigenvalue weighted by Crippen LogP contribution is -2.50. The number of hydrogen-bond acceptors (Lipinski definition) is 3. The van der Waals surface area contributed by atoms with Gasteiger partial charge in [0, 0.05) is 16.8 Å². The zero-order valence-electron chi connectivity index (χ0n) is 14.4. The summed E-state index contributed by atoms with van der Waals surface area (Å²) in [4.78, 5) is 14.3. The van der Waals surface area contributed by atoms with E-state index >= 15 is 0 Å². The van der Waals surface area contributed by atoms with Crippen molar-refractivity contribution >= 4 is 17.7 Å². The van der Waals surface area contributed by atoms with Crippen LogP contribution in [0, 0.1) is 0 Å². The van der Waals surface area contributed by atoms with Gasteiger partial charge in [-0.25, -0.2) is 0 Å². The number of hydrogen-bond donors (Lipinski definition) is 1. The van der Waals surface area contributed by atoms with Crippen LogP contribution in [0.5, 0.6) is 5.75 Å². The Morgan fingerprint density at radius 3 is 2.48 bits per heavy atom. The van der Waals surface area contributed by atoms with E-state index in [0.717, 1.165) is 11.3 Å². The molecule has 1 amide bonds. The topological polar surface area (TPSA) is 49.8 Å². The first-order chi connectivity index (χ1) is 11.9. The molecule has 4 nitrogen and oxygen atoms in total. The van der Waals surface area contributed by atoms with Gasteiger partial charge in [-0.2, -0.15) is 0 Å². The predicted octanol–water partition coefficient (Wildman–Crippen LogP) is 3.43. The lowest BCUT2D eigenvalue weighted by Gasteiger charge is -2.39. The predicted molar refractivity (Wildman–Crippen MR) is 99.5 cm³/mol. The van der Waals surface area contributed by atoms with Crippen LogP contribution in [0.25, 0.3) is 6.08 Å². The number of methoxy groups -OCH3 is 1. The largest absolute Gasteiger partial charge is 0.496 e. The molecule has 0 saturated carbocycles. The zero-order chi connectivity index (χ0) is 18.0. The smallest absolute Gasteiger partial charge is 0.257 e. The van der Waals surface area contributed by atoms with Crippen LogP contribution in [0.3, 0.4) is 0 Å². The van der Waals surface area contributed by atoms with Gasteiger partial charge in [0.05, 0.1) is 13.7 Å². The summed E-state index contributed by atoms with van der Waals surface area (Å²) in [5.74, 6) is 0.438. The molecule has 1 unspecified atom stereocenters. The van der Waals surface area contributed by atoms with Crippen molar-refractivity contribution in [3.8, 4) is 5.75 Å². The number of rotatable bonds is 3. The van der Waals surface area contributed by atoms with Gasteiger partial charge in [0.25, 0.3) is 5.91 Å². The second kappa shape index (κ2) is 6.57. The van der Waals surface area contributed by atoms with Gasteiger partial charge in [0.2, 0.25) is 0 Å². The SMILES string of the molecule is C=C1C(=O)N(c2ccccc2)C/C(=C\c2ccccc2OC)C1(C)O. The van der Waals surface area contributed by atoms with Gasteiger partial charge in [-0.15, -0.1) is 0 Å². The Morgan fingerprint density at radius 2 is 1.80 bits per heavy atom. The summed E-state index contributed by atoms with van der Waals surface area (Å²) in [6, 6.07) is 16.9. The monoisotopic (exact) mass is 335 g/mol. The maximum atomic E-state index is 12.7. The number of carbonyl (C=O) groups is 1. The molecule has 1 aliphatic rings. The lowest BCUT2D eigenvalue weighted by molar-refractivity contribution is -0.117. The van der Waals surface area contributed by atoms with Gasteiger partial charge >= 0.3 is 0 Å². The Labute approximate surface area is 147 Å². The molecule has 1 atom stereocenters. The van der Waals surface area contributed by atoms with Crippen molar-refractivity contribution in [2.45, 2.75) is 12.5 Å². The van der Waals surface area contributed by atoms with E-state index in [-0.39, 0.29) is 18.0 Å². The number of piperidine rings is 1. The summed E-state index contributed by atoms with van der Waals surface area (Å²) >= 11 is 0. The minimum Gasteiger partial charge on any atom is -0.496 e. The highest BCUT2D eigenvalue weighted by molar-refractivity contribution is 6.09. The van der Waals surface area contributed by atoms with Crippen LogP contribution in [0.2, 0.25) is 0 Å². The van der Waals surface area contributed by atoms with Gasteiger partial charge in [0.1, 0.15) is 11.4 Å². The molecule has 1 heterocycles. The second-order valence-corrected chi connectivity index (χ2v) is 6.19. The molecule has 0 bridgehead atoms. The number of amides is 1. The van der Waals surface area contributed by atoms with Crippen molar-refractivity contribution in [2.75, 3.05) is 18.6 Å². The number of benzene rings is 2. The van der Waals surface area contributed by atoms with E-state index in [2.05, 4.69) is 6.58 Å². The fourth-order valence-corrected chi connectivity index (χ4v) is 2.94. The molecule has 2 aromatic carbocycles. The van der Waals surface area contributed by atoms with Crippen LogP contribution in [-0.4, -0.2) is 30.3 Å². The molecule has 0 spiro atoms. The quantitative estimate of drug-likeness (QED) is 0.874. The fraction of sp³-hybridized carbons (Fsp3) is 0.190. The standard InChI is InChI=1S/C21H21NO3/c1-15-20(23)22(18-10-5-4-6-11-18)14-17(21(15,2)24)13-16-9-7-8-12-19(16)25-3/h4-13,24H,1,14H2,2-3H3/b17-13+. The van der Waals surface area contributed by atoms with Crippen molar-refractivity contribution in [1.29, 1.82) is 0 Å². The highest BCUT2D eigenvalue weighted by Gasteiger charge is 2.41. The Bertz CT molecular complexity index is 837. The van der Waals surface area contributed by atoms with Crippen LogP contribution in [0.4, 0.5) is 5.69 Å². The van der Waals surface area contributed by atoms with Crippen LogP contribution in [0.15, 0.2) is 72.3 Å². The Kier molecular flexibility index (Phi) is 4.47. The molecular weight excluding hydrogens is 314 g/mol. The molecule has 0 aromatic heterocycles. The number of anilines is 1. The molecular formula is C21H21NO3. The normalized spacial score (nSPS) is 22.4. The first kappa shape index (κ1) is 17.0. The molecule has 1 aliphatic heterocycles. The molecule has 0 aliphatic carbocycles. The van der Waals surface area contributed by atoms with Crippen LogP contribution >= 0.6 is 0 Å². The fourth-order valence-electron chi connectivity index (χ4n) is 2.94. The van der Waals surface area contributed by atoms with Gasteiger partial charge in [0.15, 0.2) is 0 Å². The maximum Gasteiger partial charge on any atom is 0.257 e. The maximum absolute atomic E-state index is 12.7. The van der Waals surface area contributed by atoms with E-state index < -0.39 is 5.60 Å². The molecule has 128 valence electrons. The van der Waals surface area contributed by atoms with E-state index in [9.17, 15) is 9.90 Å². The van der Waals surface area contributed by atoms with Crippen molar-refractivity contribution in [3.63, 3.8) is 0 Å². The number of para-hydroxylation sites is 2. The zero-order valence-corrected chi connectivity index (χ0v) is 14.4. The molecule has 1 N–H and O–H groups in total. The van der Waals surface area contributed by atoms with Gasteiger partial charge in [-0.1, -0.05) is 43.0 Å². The Morgan fingerprint density at radius 1 is 1.16 bits per heavy atom. The molecule has 25 heavy (non-hydrogen) atoms. The van der Waals surface area contributed by atoms with E-state index in [1.54, 1.807) is 18.9 Å². The third kappa shape index (κ3) is 3.08. The van der Waals surface area contributed by atoms with E-state index in [4.69, 9.17) is 4.74 Å². The third-order valence-corrected chi connectivity index (χ3v) is 4.58. The summed E-state index contributed by atoms with van der Waals surface area (Å²) in [5.41, 5.74) is 1.06. The van der Waals surface area contributed by atoms with Crippen LogP contribution in [-0.2, 0) is 4.79 Å². The Hall–Kier alpha value is -2.85. The molecule has 2 aromatic rings. The summed E-state index contributed by atoms with van der Waals surface area (Å²) in [5, 5.41) is 10.9. The first-order valence-electron chi connectivity index (χ1n) is 8.08. The molecule has 1 fully saturated rings. The third-order valence-electron chi connectivity index (χ3n) is 4.58. The van der Waals surface area contributed by atoms with Gasteiger partial charge in [-0.3, -0.25) is 4.79 Å².